The molecule has 0 aliphatic heterocycles. The van der Waals surface area contributed by atoms with Crippen molar-refractivity contribution in [1.82, 2.24) is 0 Å². The van der Waals surface area contributed by atoms with E-state index in [4.69, 9.17) is 0 Å². The van der Waals surface area contributed by atoms with Crippen molar-refractivity contribution in [2.24, 2.45) is 0 Å². The highest BCUT2D eigenvalue weighted by molar-refractivity contribution is 7.87. The average Bonchev–Trinajstić information content (AvgIpc) is 2.48. The van der Waals surface area contributed by atoms with E-state index in [2.05, 4.69) is 4.18 Å². The highest BCUT2D eigenvalue weighted by atomic mass is 32.2. The molecule has 0 fully saturated rings. The van der Waals surface area contributed by atoms with Gasteiger partial charge in [0.1, 0.15) is 5.76 Å². The van der Waals surface area contributed by atoms with Crippen LogP contribution in [0.3, 0.4) is 0 Å². The highest BCUT2D eigenvalue weighted by Gasteiger charge is 2.49. The third-order valence-corrected chi connectivity index (χ3v) is 4.66. The van der Waals surface area contributed by atoms with E-state index in [0.29, 0.717) is 24.8 Å². The Morgan fingerprint density at radius 2 is 1.83 bits per heavy atom. The van der Waals surface area contributed by atoms with Crippen LogP contribution in [-0.4, -0.2) is 13.9 Å². The van der Waals surface area contributed by atoms with E-state index in [0.717, 1.165) is 11.1 Å². The van der Waals surface area contributed by atoms with E-state index in [1.54, 1.807) is 6.92 Å². The van der Waals surface area contributed by atoms with Gasteiger partial charge in [0.25, 0.3) is 0 Å². The summed E-state index contributed by atoms with van der Waals surface area (Å²) in [6, 6.07) is 9.61. The van der Waals surface area contributed by atoms with E-state index >= 15 is 0 Å². The van der Waals surface area contributed by atoms with E-state index < -0.39 is 15.6 Å². The number of halogens is 3. The maximum absolute atomic E-state index is 12.4. The minimum absolute atomic E-state index is 0.118. The van der Waals surface area contributed by atoms with Gasteiger partial charge in [-0.25, -0.2) is 0 Å². The molecule has 1 aliphatic rings. The molecule has 126 valence electrons. The fraction of sp³-hybridized carbons (Fsp3) is 0.375. The number of hydrogen-bond donors (Lipinski definition) is 0. The van der Waals surface area contributed by atoms with Crippen LogP contribution in [0.4, 0.5) is 13.2 Å². The largest absolute Gasteiger partial charge is 0.534 e. The topological polar surface area (TPSA) is 43.4 Å². The van der Waals surface area contributed by atoms with Gasteiger partial charge in [0.2, 0.25) is 0 Å². The maximum atomic E-state index is 12.4. The van der Waals surface area contributed by atoms with Gasteiger partial charge in [0, 0.05) is 6.42 Å². The molecule has 1 aromatic carbocycles. The molecular formula is C16H17F3O3S. The zero-order valence-electron chi connectivity index (χ0n) is 12.6. The Bertz CT molecular complexity index is 717. The molecule has 0 saturated heterocycles. The monoisotopic (exact) mass is 346 g/mol. The molecule has 0 atom stereocenters. The minimum Gasteiger partial charge on any atom is -0.380 e. The van der Waals surface area contributed by atoms with Crippen molar-refractivity contribution in [2.75, 3.05) is 0 Å². The van der Waals surface area contributed by atoms with Crippen LogP contribution in [0.1, 0.15) is 31.7 Å². The molecule has 7 heteroatoms. The van der Waals surface area contributed by atoms with Crippen LogP contribution < -0.4 is 0 Å². The zero-order chi connectivity index (χ0) is 17.1. The molecule has 23 heavy (non-hydrogen) atoms. The molecule has 0 unspecified atom stereocenters. The van der Waals surface area contributed by atoms with Crippen molar-refractivity contribution in [2.45, 2.75) is 38.1 Å². The first kappa shape index (κ1) is 17.6. The van der Waals surface area contributed by atoms with E-state index in [1.165, 1.54) is 0 Å². The summed E-state index contributed by atoms with van der Waals surface area (Å²) in [4.78, 5) is 0. The lowest BCUT2D eigenvalue weighted by molar-refractivity contribution is -0.0524. The lowest BCUT2D eigenvalue weighted by Gasteiger charge is -2.21. The fourth-order valence-corrected chi connectivity index (χ4v) is 2.96. The summed E-state index contributed by atoms with van der Waals surface area (Å²) in [5.74, 6) is -0.118. The summed E-state index contributed by atoms with van der Waals surface area (Å²) in [5, 5.41) is 0. The third kappa shape index (κ3) is 4.37. The van der Waals surface area contributed by atoms with E-state index in [9.17, 15) is 21.6 Å². The van der Waals surface area contributed by atoms with Crippen molar-refractivity contribution in [3.05, 3.63) is 58.9 Å². The molecule has 2 rings (SSSR count). The van der Waals surface area contributed by atoms with E-state index in [1.807, 2.05) is 36.4 Å². The van der Waals surface area contributed by atoms with Crippen LogP contribution in [0, 0.1) is 0 Å². The van der Waals surface area contributed by atoms with Crippen LogP contribution in [0.25, 0.3) is 0 Å². The predicted octanol–water partition coefficient (Wildman–Crippen LogP) is 4.48. The van der Waals surface area contributed by atoms with Gasteiger partial charge in [-0.1, -0.05) is 36.4 Å². The molecule has 0 aromatic heterocycles. The summed E-state index contributed by atoms with van der Waals surface area (Å²) < 4.78 is 63.9. The van der Waals surface area contributed by atoms with Crippen LogP contribution >= 0.6 is 0 Å². The van der Waals surface area contributed by atoms with Crippen molar-refractivity contribution in [1.29, 1.82) is 0 Å². The molecule has 0 heterocycles. The highest BCUT2D eigenvalue weighted by Crippen LogP contribution is 2.34. The Kier molecular flexibility index (Phi) is 5.19. The lowest BCUT2D eigenvalue weighted by atomic mass is 9.92. The first-order chi connectivity index (χ1) is 10.7. The van der Waals surface area contributed by atoms with E-state index in [-0.39, 0.29) is 12.2 Å². The summed E-state index contributed by atoms with van der Waals surface area (Å²) >= 11 is 0. The van der Waals surface area contributed by atoms with Crippen LogP contribution in [-0.2, 0) is 20.7 Å². The Balaban J connectivity index is 2.21. The number of hydrogen-bond acceptors (Lipinski definition) is 3. The Morgan fingerprint density at radius 1 is 1.17 bits per heavy atom. The summed E-state index contributed by atoms with van der Waals surface area (Å²) in [6.07, 6.45) is 3.97. The Morgan fingerprint density at radius 3 is 2.43 bits per heavy atom. The number of alkyl halides is 3. The molecular weight excluding hydrogens is 329 g/mol. The molecule has 1 aliphatic carbocycles. The smallest absolute Gasteiger partial charge is 0.380 e. The minimum atomic E-state index is -5.61. The van der Waals surface area contributed by atoms with Gasteiger partial charge in [-0.2, -0.15) is 21.6 Å². The summed E-state index contributed by atoms with van der Waals surface area (Å²) in [7, 11) is -5.61. The second kappa shape index (κ2) is 6.78. The van der Waals surface area contributed by atoms with Gasteiger partial charge in [0.15, 0.2) is 0 Å². The maximum Gasteiger partial charge on any atom is 0.534 e. The number of allylic oxidation sites excluding steroid dienone is 4. The normalized spacial score (nSPS) is 18.3. The first-order valence-electron chi connectivity index (χ1n) is 7.14. The first-order valence-corrected chi connectivity index (χ1v) is 8.55. The van der Waals surface area contributed by atoms with Crippen molar-refractivity contribution in [3.8, 4) is 0 Å². The zero-order valence-corrected chi connectivity index (χ0v) is 13.4. The van der Waals surface area contributed by atoms with Crippen LogP contribution in [0.2, 0.25) is 0 Å². The number of benzene rings is 1. The second-order valence-electron chi connectivity index (χ2n) is 5.30. The van der Waals surface area contributed by atoms with Gasteiger partial charge < -0.3 is 4.18 Å². The molecule has 1 aromatic rings. The SMILES string of the molecule is CC1=C(OS(=O)(=O)C(F)(F)F)CCC/C1=C\Cc1ccccc1. The fourth-order valence-electron chi connectivity index (χ4n) is 2.39. The van der Waals surface area contributed by atoms with Crippen molar-refractivity contribution >= 4 is 10.1 Å². The molecule has 0 radical (unpaired) electrons. The molecule has 0 saturated carbocycles. The van der Waals surface area contributed by atoms with Crippen molar-refractivity contribution < 1.29 is 25.8 Å². The Labute approximate surface area is 133 Å². The third-order valence-electron chi connectivity index (χ3n) is 3.67. The van der Waals surface area contributed by atoms with Crippen LogP contribution in [0.15, 0.2) is 53.3 Å². The number of rotatable bonds is 4. The molecule has 0 bridgehead atoms. The molecule has 3 nitrogen and oxygen atoms in total. The molecule has 0 spiro atoms. The van der Waals surface area contributed by atoms with Gasteiger partial charge in [-0.15, -0.1) is 0 Å². The van der Waals surface area contributed by atoms with Gasteiger partial charge >= 0.3 is 15.6 Å². The van der Waals surface area contributed by atoms with Crippen LogP contribution in [0.5, 0.6) is 0 Å². The Hall–Kier alpha value is -1.76. The lowest BCUT2D eigenvalue weighted by Crippen LogP contribution is -2.26. The predicted molar refractivity (Wildman–Crippen MR) is 80.8 cm³/mol. The quantitative estimate of drug-likeness (QED) is 0.596. The second-order valence-corrected chi connectivity index (χ2v) is 6.84. The summed E-state index contributed by atoms with van der Waals surface area (Å²) in [5.41, 5.74) is -3.04. The average molecular weight is 346 g/mol. The van der Waals surface area contributed by atoms with Crippen molar-refractivity contribution in [3.63, 3.8) is 0 Å². The molecule has 0 amide bonds. The van der Waals surface area contributed by atoms with Gasteiger partial charge in [0.05, 0.1) is 0 Å². The van der Waals surface area contributed by atoms with Gasteiger partial charge in [-0.05, 0) is 42.9 Å². The summed E-state index contributed by atoms with van der Waals surface area (Å²) in [6.45, 7) is 1.59. The standard InChI is InChI=1S/C16H17F3O3S/c1-12-14(11-10-13-6-3-2-4-7-13)8-5-9-15(12)22-23(20,21)16(17,18)19/h2-4,6-7,11H,5,8-10H2,1H3/b14-11+. The van der Waals surface area contributed by atoms with Gasteiger partial charge in [-0.3, -0.25) is 0 Å². The molecule has 0 N–H and O–H groups in total.